The number of pyridine rings is 1. The van der Waals surface area contributed by atoms with Gasteiger partial charge in [0, 0.05) is 11.5 Å². The molecule has 2 aromatic carbocycles. The minimum atomic E-state index is -4.77. The Morgan fingerprint density at radius 2 is 1.62 bits per heavy atom. The lowest BCUT2D eigenvalue weighted by atomic mass is 9.89. The van der Waals surface area contributed by atoms with Crippen molar-refractivity contribution in [2.75, 3.05) is 21.3 Å². The Kier molecular flexibility index (Phi) is 9.92. The first-order valence-corrected chi connectivity index (χ1v) is 14.0. The predicted molar refractivity (Wildman–Crippen MR) is 149 cm³/mol. The van der Waals surface area contributed by atoms with Gasteiger partial charge >= 0.3 is 19.7 Å². The van der Waals surface area contributed by atoms with Gasteiger partial charge in [0.15, 0.2) is 11.5 Å². The van der Waals surface area contributed by atoms with E-state index in [9.17, 15) is 23.9 Å². The smallest absolute Gasteiger partial charge is 0.412 e. The third kappa shape index (κ3) is 6.44. The molecule has 3 N–H and O–H groups in total. The van der Waals surface area contributed by atoms with Crippen LogP contribution in [0.15, 0.2) is 54.2 Å². The first-order valence-electron chi connectivity index (χ1n) is 12.4. The molecule has 12 heteroatoms. The highest BCUT2D eigenvalue weighted by atomic mass is 31.2. The molecule has 1 aromatic heterocycles. The molecule has 3 aromatic rings. The molecule has 0 unspecified atom stereocenters. The molecule has 0 aliphatic heterocycles. The molecule has 1 amide bonds. The van der Waals surface area contributed by atoms with E-state index in [2.05, 4.69) is 10.3 Å². The Hall–Kier alpha value is -3.92. The summed E-state index contributed by atoms with van der Waals surface area (Å²) in [5, 5.41) is 1.27. The van der Waals surface area contributed by atoms with Crippen LogP contribution in [-0.4, -0.2) is 48.2 Å². The maximum atomic E-state index is 12.9. The highest BCUT2D eigenvalue weighted by Gasteiger charge is 2.47. The number of aromatic nitrogens is 1. The van der Waals surface area contributed by atoms with Crippen LogP contribution in [0.1, 0.15) is 43.5 Å². The summed E-state index contributed by atoms with van der Waals surface area (Å²) in [6.45, 7) is 3.28. The van der Waals surface area contributed by atoms with E-state index < -0.39 is 24.8 Å². The molecular weight excluding hydrogens is 539 g/mol. The summed E-state index contributed by atoms with van der Waals surface area (Å²) in [5.74, 6) is -0.126. The van der Waals surface area contributed by atoms with Gasteiger partial charge in [-0.05, 0) is 42.2 Å². The minimum absolute atomic E-state index is 0.0464. The van der Waals surface area contributed by atoms with Crippen LogP contribution in [-0.2, 0) is 30.6 Å². The van der Waals surface area contributed by atoms with Gasteiger partial charge in [-0.3, -0.25) is 9.88 Å². The van der Waals surface area contributed by atoms with Gasteiger partial charge in [0.05, 0.1) is 37.7 Å². The van der Waals surface area contributed by atoms with Crippen molar-refractivity contribution in [3.63, 3.8) is 0 Å². The SMILES string of the molecule is CCC(CC)(c1cc2cc(OC)c(OC)cc2nc1/C=C(\NC(=O)OCc1ccccc1)C(=O)OC)P(=O)(O)O. The standard InChI is InChI=1S/C28H33N2O9P/c1-6-28(7-2,40(33,34)35)20-13-19-14-24(36-3)25(37-4)16-21(19)29-22(20)15-23(26(31)38-5)30-27(32)39-17-18-11-9-8-10-12-18/h8-16H,6-7,17H2,1-5H3,(H,30,32)(H2,33,34,35)/b23-15-. The lowest BCUT2D eigenvalue weighted by Crippen LogP contribution is -2.29. The van der Waals surface area contributed by atoms with Crippen LogP contribution in [0.2, 0.25) is 0 Å². The highest BCUT2D eigenvalue weighted by molar-refractivity contribution is 7.53. The summed E-state index contributed by atoms with van der Waals surface area (Å²) in [7, 11) is -0.696. The van der Waals surface area contributed by atoms with Crippen LogP contribution < -0.4 is 14.8 Å². The van der Waals surface area contributed by atoms with E-state index in [0.717, 1.165) is 12.7 Å². The number of nitrogens with zero attached hydrogens (tertiary/aromatic N) is 1. The lowest BCUT2D eigenvalue weighted by Gasteiger charge is -2.34. The van der Waals surface area contributed by atoms with Crippen LogP contribution in [0.4, 0.5) is 4.79 Å². The number of alkyl carbamates (subject to hydrolysis) is 1. The van der Waals surface area contributed by atoms with Gasteiger partial charge in [0.25, 0.3) is 0 Å². The molecule has 0 saturated carbocycles. The monoisotopic (exact) mass is 572 g/mol. The highest BCUT2D eigenvalue weighted by Crippen LogP contribution is 2.61. The van der Waals surface area contributed by atoms with Gasteiger partial charge < -0.3 is 28.7 Å². The van der Waals surface area contributed by atoms with Crippen molar-refractivity contribution in [3.05, 3.63) is 71.0 Å². The fourth-order valence-corrected chi connectivity index (χ4v) is 5.78. The van der Waals surface area contributed by atoms with E-state index in [0.29, 0.717) is 22.4 Å². The van der Waals surface area contributed by atoms with Gasteiger partial charge in [0.2, 0.25) is 0 Å². The third-order valence-corrected chi connectivity index (χ3v) is 8.70. The van der Waals surface area contributed by atoms with Gasteiger partial charge in [-0.15, -0.1) is 0 Å². The van der Waals surface area contributed by atoms with E-state index in [4.69, 9.17) is 18.9 Å². The van der Waals surface area contributed by atoms with Gasteiger partial charge in [-0.2, -0.15) is 0 Å². The number of carbonyl (C=O) groups excluding carboxylic acids is 2. The summed E-state index contributed by atoms with van der Waals surface area (Å²) in [6, 6.07) is 13.8. The Labute approximate surface area is 232 Å². The number of nitrogens with one attached hydrogen (secondary N) is 1. The normalized spacial score (nSPS) is 12.1. The molecule has 0 aliphatic carbocycles. The quantitative estimate of drug-likeness (QED) is 0.164. The molecule has 3 rings (SSSR count). The molecule has 0 aliphatic rings. The van der Waals surface area contributed by atoms with Crippen molar-refractivity contribution in [1.29, 1.82) is 0 Å². The van der Waals surface area contributed by atoms with Crippen LogP contribution in [0.25, 0.3) is 17.0 Å². The lowest BCUT2D eigenvalue weighted by molar-refractivity contribution is -0.136. The molecule has 0 bridgehead atoms. The number of ether oxygens (including phenoxy) is 4. The molecule has 0 saturated heterocycles. The second kappa shape index (κ2) is 13.0. The zero-order valence-electron chi connectivity index (χ0n) is 23.0. The first-order chi connectivity index (χ1) is 19.0. The van der Waals surface area contributed by atoms with Crippen molar-refractivity contribution < 1.29 is 42.9 Å². The molecule has 11 nitrogen and oxygen atoms in total. The maximum absolute atomic E-state index is 12.9. The van der Waals surface area contributed by atoms with Crippen LogP contribution in [0, 0.1) is 0 Å². The van der Waals surface area contributed by atoms with Crippen LogP contribution in [0.5, 0.6) is 11.5 Å². The van der Waals surface area contributed by atoms with Crippen molar-refractivity contribution in [2.24, 2.45) is 0 Å². The topological polar surface area (TPSA) is 154 Å². The average molecular weight is 573 g/mol. The van der Waals surface area contributed by atoms with E-state index in [1.54, 1.807) is 56.3 Å². The Bertz CT molecular complexity index is 1450. The van der Waals surface area contributed by atoms with Gasteiger partial charge in [0.1, 0.15) is 12.3 Å². The molecule has 0 fully saturated rings. The van der Waals surface area contributed by atoms with Crippen LogP contribution >= 0.6 is 7.60 Å². The number of carbonyl (C=O) groups is 2. The second-order valence-electron chi connectivity index (χ2n) is 8.84. The van der Waals surface area contributed by atoms with Gasteiger partial charge in [-0.25, -0.2) is 14.6 Å². The molecule has 40 heavy (non-hydrogen) atoms. The average Bonchev–Trinajstić information content (AvgIpc) is 2.95. The molecule has 0 spiro atoms. The molecule has 0 atom stereocenters. The van der Waals surface area contributed by atoms with E-state index in [1.807, 2.05) is 6.07 Å². The molecule has 0 radical (unpaired) electrons. The zero-order chi connectivity index (χ0) is 29.5. The summed E-state index contributed by atoms with van der Waals surface area (Å²) in [4.78, 5) is 50.9. The van der Waals surface area contributed by atoms with Crippen molar-refractivity contribution in [1.82, 2.24) is 10.3 Å². The third-order valence-electron chi connectivity index (χ3n) is 6.71. The summed E-state index contributed by atoms with van der Waals surface area (Å²) >= 11 is 0. The number of amides is 1. The summed E-state index contributed by atoms with van der Waals surface area (Å²) < 4.78 is 33.8. The fraction of sp³-hybridized carbons (Fsp3) is 0.321. The predicted octanol–water partition coefficient (Wildman–Crippen LogP) is 4.89. The van der Waals surface area contributed by atoms with E-state index >= 15 is 0 Å². The zero-order valence-corrected chi connectivity index (χ0v) is 23.9. The maximum Gasteiger partial charge on any atom is 0.412 e. The van der Waals surface area contributed by atoms with Crippen molar-refractivity contribution in [2.45, 2.75) is 38.5 Å². The number of benzene rings is 2. The molecular formula is C28H33N2O9P. The van der Waals surface area contributed by atoms with Crippen LogP contribution in [0.3, 0.4) is 0 Å². The number of fused-ring (bicyclic) bond motifs is 1. The van der Waals surface area contributed by atoms with E-state index in [-0.39, 0.29) is 36.4 Å². The number of hydrogen-bond donors (Lipinski definition) is 3. The molecule has 1 heterocycles. The van der Waals surface area contributed by atoms with Crippen molar-refractivity contribution in [3.8, 4) is 11.5 Å². The Balaban J connectivity index is 2.20. The second-order valence-corrected chi connectivity index (χ2v) is 10.8. The minimum Gasteiger partial charge on any atom is -0.493 e. The largest absolute Gasteiger partial charge is 0.493 e. The number of rotatable bonds is 11. The Morgan fingerprint density at radius 1 is 1.00 bits per heavy atom. The summed E-state index contributed by atoms with van der Waals surface area (Å²) in [5.41, 5.74) is 1.04. The Morgan fingerprint density at radius 3 is 2.17 bits per heavy atom. The number of esters is 1. The van der Waals surface area contributed by atoms with E-state index in [1.165, 1.54) is 20.3 Å². The molecule has 214 valence electrons. The fourth-order valence-electron chi connectivity index (χ4n) is 4.46. The first kappa shape index (κ1) is 30.6. The summed E-state index contributed by atoms with van der Waals surface area (Å²) in [6.07, 6.45) is 0.419. The number of hydrogen-bond acceptors (Lipinski definition) is 8. The number of methoxy groups -OCH3 is 3. The van der Waals surface area contributed by atoms with Gasteiger partial charge in [-0.1, -0.05) is 44.2 Å². The van der Waals surface area contributed by atoms with Crippen molar-refractivity contribution >= 4 is 36.6 Å².